The number of aromatic nitrogens is 1. The predicted molar refractivity (Wildman–Crippen MR) is 57.7 cm³/mol. The molecule has 0 unspecified atom stereocenters. The van der Waals surface area contributed by atoms with Gasteiger partial charge in [-0.3, -0.25) is 9.78 Å². The number of nitrogens with zero attached hydrogens (tertiary/aromatic N) is 2. The number of hydroxylamine groups is 1. The van der Waals surface area contributed by atoms with Gasteiger partial charge in [-0.15, -0.1) is 0 Å². The van der Waals surface area contributed by atoms with E-state index in [1.807, 2.05) is 12.3 Å². The molecule has 0 aromatic carbocycles. The van der Waals surface area contributed by atoms with Gasteiger partial charge in [0.2, 0.25) is 5.91 Å². The molecule has 0 aliphatic carbocycles. The minimum atomic E-state index is 0.176. The van der Waals surface area contributed by atoms with Gasteiger partial charge in [0.15, 0.2) is 0 Å². The first-order valence-electron chi connectivity index (χ1n) is 5.47. The molecule has 1 atom stereocenters. The van der Waals surface area contributed by atoms with E-state index in [4.69, 9.17) is 4.84 Å². The van der Waals surface area contributed by atoms with Crippen LogP contribution in [0.25, 0.3) is 0 Å². The average molecular weight is 219 g/mol. The molecule has 2 aliphatic rings. The lowest BCUT2D eigenvalue weighted by molar-refractivity contribution is -0.122. The van der Waals surface area contributed by atoms with Crippen molar-refractivity contribution in [1.29, 1.82) is 0 Å². The Kier molecular flexibility index (Phi) is 2.34. The van der Waals surface area contributed by atoms with Gasteiger partial charge in [-0.25, -0.2) is 0 Å². The highest BCUT2D eigenvalue weighted by Crippen LogP contribution is 2.26. The molecule has 84 valence electrons. The molecular formula is C11H13N3O2. The van der Waals surface area contributed by atoms with Crippen LogP contribution in [0.5, 0.6) is 0 Å². The molecule has 2 aliphatic heterocycles. The zero-order chi connectivity index (χ0) is 11.0. The molecule has 5 nitrogen and oxygen atoms in total. The molecule has 1 aromatic rings. The van der Waals surface area contributed by atoms with Crippen LogP contribution >= 0.6 is 0 Å². The fourth-order valence-corrected chi connectivity index (χ4v) is 2.00. The molecule has 1 aromatic heterocycles. The Morgan fingerprint density at radius 2 is 2.44 bits per heavy atom. The minimum Gasteiger partial charge on any atom is -0.310 e. The normalized spacial score (nSPS) is 24.6. The van der Waals surface area contributed by atoms with Crippen LogP contribution in [0.1, 0.15) is 24.4 Å². The number of carbonyl (C=O) groups excluding carboxylic acids is 1. The van der Waals surface area contributed by atoms with E-state index in [2.05, 4.69) is 10.5 Å². The van der Waals surface area contributed by atoms with E-state index in [0.29, 0.717) is 6.42 Å². The minimum absolute atomic E-state index is 0.176. The Balaban J connectivity index is 1.84. The molecule has 3 heterocycles. The van der Waals surface area contributed by atoms with Gasteiger partial charge >= 0.3 is 0 Å². The monoisotopic (exact) mass is 219 g/mol. The molecule has 0 bridgehead atoms. The smallest absolute Gasteiger partial charge is 0.228 e. The van der Waals surface area contributed by atoms with Gasteiger partial charge < -0.3 is 9.74 Å². The van der Waals surface area contributed by atoms with Crippen molar-refractivity contribution in [3.8, 4) is 0 Å². The number of amides is 1. The van der Waals surface area contributed by atoms with Gasteiger partial charge in [0.05, 0.1) is 24.5 Å². The maximum atomic E-state index is 11.3. The quantitative estimate of drug-likeness (QED) is 0.747. The predicted octanol–water partition coefficient (Wildman–Crippen LogP) is 0.784. The summed E-state index contributed by atoms with van der Waals surface area (Å²) in [7, 11) is 0. The van der Waals surface area contributed by atoms with Crippen molar-refractivity contribution in [3.63, 3.8) is 0 Å². The van der Waals surface area contributed by atoms with Gasteiger partial charge in [-0.05, 0) is 18.1 Å². The molecule has 0 spiro atoms. The zero-order valence-corrected chi connectivity index (χ0v) is 8.85. The topological polar surface area (TPSA) is 54.5 Å². The summed E-state index contributed by atoms with van der Waals surface area (Å²) >= 11 is 0. The van der Waals surface area contributed by atoms with Crippen LogP contribution in [0.2, 0.25) is 0 Å². The number of carbonyl (C=O) groups is 1. The summed E-state index contributed by atoms with van der Waals surface area (Å²) in [5.41, 5.74) is 4.91. The number of nitrogens with one attached hydrogen (secondary N) is 1. The molecule has 1 N–H and O–H groups in total. The van der Waals surface area contributed by atoms with Crippen molar-refractivity contribution in [2.24, 2.45) is 0 Å². The second-order valence-electron chi connectivity index (χ2n) is 4.08. The molecule has 1 amide bonds. The Morgan fingerprint density at radius 1 is 1.50 bits per heavy atom. The van der Waals surface area contributed by atoms with Crippen LogP contribution in [0, 0.1) is 0 Å². The van der Waals surface area contributed by atoms with Crippen molar-refractivity contribution in [1.82, 2.24) is 10.5 Å². The summed E-state index contributed by atoms with van der Waals surface area (Å²) in [6, 6.07) is 2.21. The largest absolute Gasteiger partial charge is 0.310 e. The van der Waals surface area contributed by atoms with Crippen molar-refractivity contribution >= 4 is 11.6 Å². The number of anilines is 1. The first-order chi connectivity index (χ1) is 7.84. The molecule has 16 heavy (non-hydrogen) atoms. The molecule has 3 rings (SSSR count). The van der Waals surface area contributed by atoms with Crippen molar-refractivity contribution < 1.29 is 9.63 Å². The Bertz CT molecular complexity index is 415. The number of rotatable bonds is 2. The lowest BCUT2D eigenvalue weighted by atomic mass is 10.1. The molecule has 0 saturated carbocycles. The van der Waals surface area contributed by atoms with Gasteiger partial charge in [-0.1, -0.05) is 0 Å². The average Bonchev–Trinajstić information content (AvgIpc) is 2.81. The number of hydrogen-bond donors (Lipinski definition) is 1. The summed E-state index contributed by atoms with van der Waals surface area (Å²) in [5.74, 6) is 0.176. The summed E-state index contributed by atoms with van der Waals surface area (Å²) in [6.45, 7) is 1.52. The third-order valence-corrected chi connectivity index (χ3v) is 3.04. The van der Waals surface area contributed by atoms with Crippen molar-refractivity contribution in [3.05, 3.63) is 24.0 Å². The molecule has 2 saturated heterocycles. The lowest BCUT2D eigenvalue weighted by Crippen LogP contribution is -2.43. The highest BCUT2D eigenvalue weighted by Gasteiger charge is 2.26. The van der Waals surface area contributed by atoms with E-state index in [9.17, 15) is 4.79 Å². The third-order valence-electron chi connectivity index (χ3n) is 3.04. The molecule has 2 fully saturated rings. The fraction of sp³-hybridized carbons (Fsp3) is 0.455. The summed E-state index contributed by atoms with van der Waals surface area (Å²) < 4.78 is 0. The Labute approximate surface area is 93.4 Å². The molecule has 5 heteroatoms. The fourth-order valence-electron chi connectivity index (χ4n) is 2.00. The van der Waals surface area contributed by atoms with E-state index >= 15 is 0 Å². The van der Waals surface area contributed by atoms with E-state index in [1.54, 1.807) is 11.1 Å². The van der Waals surface area contributed by atoms with Gasteiger partial charge in [0.25, 0.3) is 0 Å². The highest BCUT2D eigenvalue weighted by atomic mass is 16.7. The number of hydrogen-bond acceptors (Lipinski definition) is 4. The molecule has 0 radical (unpaired) electrons. The van der Waals surface area contributed by atoms with Crippen molar-refractivity contribution in [2.75, 3.05) is 18.1 Å². The standard InChI is InChI=1S/C11H13N3O2/c15-11-1-3-14(11)9-5-8(6-12-7-9)10-2-4-16-13-10/h5-7,10,13H,1-4H2/t10-/m0/s1. The maximum absolute atomic E-state index is 11.3. The van der Waals surface area contributed by atoms with Crippen molar-refractivity contribution in [2.45, 2.75) is 18.9 Å². The maximum Gasteiger partial charge on any atom is 0.228 e. The second-order valence-corrected chi connectivity index (χ2v) is 4.08. The van der Waals surface area contributed by atoms with E-state index in [1.165, 1.54) is 0 Å². The lowest BCUT2D eigenvalue weighted by Gasteiger charge is -2.30. The number of β-lactam (4-membered cyclic amide) rings is 1. The van der Waals surface area contributed by atoms with E-state index in [-0.39, 0.29) is 11.9 Å². The zero-order valence-electron chi connectivity index (χ0n) is 8.85. The van der Waals surface area contributed by atoms with Crippen LogP contribution in [-0.4, -0.2) is 24.0 Å². The van der Waals surface area contributed by atoms with Crippen LogP contribution in [0.3, 0.4) is 0 Å². The Hall–Kier alpha value is -1.46. The number of pyridine rings is 1. The van der Waals surface area contributed by atoms with E-state index in [0.717, 1.165) is 30.8 Å². The van der Waals surface area contributed by atoms with Crippen LogP contribution in [-0.2, 0) is 9.63 Å². The molecular weight excluding hydrogens is 206 g/mol. The van der Waals surface area contributed by atoms with Crippen LogP contribution in [0.15, 0.2) is 18.5 Å². The van der Waals surface area contributed by atoms with Gasteiger partial charge in [0, 0.05) is 19.2 Å². The summed E-state index contributed by atoms with van der Waals surface area (Å²) in [4.78, 5) is 22.4. The first-order valence-corrected chi connectivity index (χ1v) is 5.47. The summed E-state index contributed by atoms with van der Waals surface area (Å²) in [5, 5.41) is 0. The second kappa shape index (κ2) is 3.84. The highest BCUT2D eigenvalue weighted by molar-refractivity contribution is 5.99. The van der Waals surface area contributed by atoms with E-state index < -0.39 is 0 Å². The van der Waals surface area contributed by atoms with Gasteiger partial charge in [0.1, 0.15) is 0 Å². The SMILES string of the molecule is O=C1CCN1c1cncc([C@@H]2CCON2)c1. The first kappa shape index (κ1) is 9.74. The van der Waals surface area contributed by atoms with Crippen LogP contribution in [0.4, 0.5) is 5.69 Å². The van der Waals surface area contributed by atoms with Crippen LogP contribution < -0.4 is 10.4 Å². The Morgan fingerprint density at radius 3 is 3.06 bits per heavy atom. The van der Waals surface area contributed by atoms with Gasteiger partial charge in [-0.2, -0.15) is 5.48 Å². The summed E-state index contributed by atoms with van der Waals surface area (Å²) in [6.07, 6.45) is 5.14. The third kappa shape index (κ3) is 1.58.